The summed E-state index contributed by atoms with van der Waals surface area (Å²) in [5, 5.41) is 11.8. The van der Waals surface area contributed by atoms with Crippen molar-refractivity contribution in [3.63, 3.8) is 0 Å². The number of rotatable bonds is 10. The Hall–Kier alpha value is -4.23. The molecule has 0 saturated carbocycles. The van der Waals surface area contributed by atoms with Gasteiger partial charge in [0.2, 0.25) is 11.7 Å². The fourth-order valence-electron chi connectivity index (χ4n) is 4.82. The SMILES string of the molecule is C/C(=C/CCCOCc1ccc(-c2ccccc2)cc1)c1ccc(-c2noc([C@@H]3CCN(C(=N)N)C3)n2)cc1. The molecule has 1 fully saturated rings. The van der Waals surface area contributed by atoms with Gasteiger partial charge < -0.3 is 19.9 Å². The van der Waals surface area contributed by atoms with Crippen molar-refractivity contribution in [2.75, 3.05) is 19.7 Å². The molecule has 1 aliphatic heterocycles. The van der Waals surface area contributed by atoms with Gasteiger partial charge in [0.05, 0.1) is 12.5 Å². The highest BCUT2D eigenvalue weighted by molar-refractivity contribution is 5.75. The van der Waals surface area contributed by atoms with Crippen LogP contribution in [0.15, 0.2) is 89.5 Å². The molecule has 7 heteroatoms. The Bertz CT molecular complexity index is 1390. The quantitative estimate of drug-likeness (QED) is 0.141. The van der Waals surface area contributed by atoms with Gasteiger partial charge >= 0.3 is 0 Å². The minimum absolute atomic E-state index is 0.0915. The number of guanidine groups is 1. The number of ether oxygens (including phenoxy) is 1. The van der Waals surface area contributed by atoms with Gasteiger partial charge in [-0.05, 0) is 54.0 Å². The molecule has 0 bridgehead atoms. The lowest BCUT2D eigenvalue weighted by atomic mass is 10.0. The van der Waals surface area contributed by atoms with Crippen LogP contribution in [0.3, 0.4) is 0 Å². The number of nitrogens with one attached hydrogen (secondary N) is 1. The Kier molecular flexibility index (Phi) is 8.48. The van der Waals surface area contributed by atoms with Gasteiger partial charge in [0.15, 0.2) is 5.96 Å². The molecule has 39 heavy (non-hydrogen) atoms. The molecule has 2 heterocycles. The molecule has 1 atom stereocenters. The van der Waals surface area contributed by atoms with Gasteiger partial charge in [-0.2, -0.15) is 4.98 Å². The summed E-state index contributed by atoms with van der Waals surface area (Å²) >= 11 is 0. The molecule has 0 spiro atoms. The lowest BCUT2D eigenvalue weighted by Gasteiger charge is -2.14. The number of likely N-dealkylation sites (tertiary alicyclic amines) is 1. The van der Waals surface area contributed by atoms with Crippen molar-refractivity contribution in [3.05, 3.63) is 102 Å². The molecule has 1 saturated heterocycles. The van der Waals surface area contributed by atoms with Crippen LogP contribution in [-0.2, 0) is 11.3 Å². The highest BCUT2D eigenvalue weighted by Gasteiger charge is 2.29. The van der Waals surface area contributed by atoms with Crippen LogP contribution < -0.4 is 5.73 Å². The van der Waals surface area contributed by atoms with Crippen molar-refractivity contribution < 1.29 is 9.26 Å². The Morgan fingerprint density at radius 1 is 1.03 bits per heavy atom. The predicted octanol–water partition coefficient (Wildman–Crippen LogP) is 6.49. The molecular formula is C32H35N5O2. The average Bonchev–Trinajstić information content (AvgIpc) is 3.66. The summed E-state index contributed by atoms with van der Waals surface area (Å²) in [7, 11) is 0. The zero-order valence-corrected chi connectivity index (χ0v) is 22.3. The Balaban J connectivity index is 1.05. The number of nitrogens with zero attached hydrogens (tertiary/aromatic N) is 3. The Labute approximate surface area is 229 Å². The lowest BCUT2D eigenvalue weighted by molar-refractivity contribution is 0.119. The summed E-state index contributed by atoms with van der Waals surface area (Å²) < 4.78 is 11.4. The van der Waals surface area contributed by atoms with Gasteiger partial charge in [0, 0.05) is 25.3 Å². The number of benzene rings is 3. The molecule has 0 amide bonds. The van der Waals surface area contributed by atoms with Gasteiger partial charge in [-0.3, -0.25) is 5.41 Å². The van der Waals surface area contributed by atoms with E-state index in [1.165, 1.54) is 27.8 Å². The maximum Gasteiger partial charge on any atom is 0.231 e. The van der Waals surface area contributed by atoms with Gasteiger partial charge in [0.1, 0.15) is 0 Å². The molecule has 3 N–H and O–H groups in total. The number of nitrogens with two attached hydrogens (primary N) is 1. The summed E-state index contributed by atoms with van der Waals surface area (Å²) in [6, 6.07) is 27.3. The number of unbranched alkanes of at least 4 members (excludes halogenated alkanes) is 1. The van der Waals surface area contributed by atoms with E-state index in [0.717, 1.165) is 38.0 Å². The minimum atomic E-state index is 0.0915. The van der Waals surface area contributed by atoms with Crippen molar-refractivity contribution >= 4 is 11.5 Å². The molecule has 5 rings (SSSR count). The predicted molar refractivity (Wildman–Crippen MR) is 155 cm³/mol. The summed E-state index contributed by atoms with van der Waals surface area (Å²) in [5.41, 5.74) is 12.6. The third-order valence-corrected chi connectivity index (χ3v) is 7.19. The zero-order chi connectivity index (χ0) is 27.0. The van der Waals surface area contributed by atoms with E-state index in [-0.39, 0.29) is 11.9 Å². The molecular weight excluding hydrogens is 486 g/mol. The average molecular weight is 522 g/mol. The van der Waals surface area contributed by atoms with Crippen molar-refractivity contribution in [1.29, 1.82) is 5.41 Å². The second-order valence-corrected chi connectivity index (χ2v) is 10.00. The Morgan fingerprint density at radius 2 is 1.74 bits per heavy atom. The summed E-state index contributed by atoms with van der Waals surface area (Å²) in [4.78, 5) is 6.43. The van der Waals surface area contributed by atoms with Gasteiger partial charge in [0.25, 0.3) is 0 Å². The monoisotopic (exact) mass is 521 g/mol. The van der Waals surface area contributed by atoms with Crippen LogP contribution in [0, 0.1) is 5.41 Å². The van der Waals surface area contributed by atoms with Crippen LogP contribution in [0.2, 0.25) is 0 Å². The van der Waals surface area contributed by atoms with E-state index in [1.807, 2.05) is 23.1 Å². The lowest BCUT2D eigenvalue weighted by Crippen LogP contribution is -2.34. The highest BCUT2D eigenvalue weighted by atomic mass is 16.5. The third kappa shape index (κ3) is 6.81. The van der Waals surface area contributed by atoms with Crippen molar-refractivity contribution in [2.45, 2.75) is 38.7 Å². The smallest absolute Gasteiger partial charge is 0.231 e. The van der Waals surface area contributed by atoms with Crippen molar-refractivity contribution in [3.8, 4) is 22.5 Å². The molecule has 7 nitrogen and oxygen atoms in total. The van der Waals surface area contributed by atoms with E-state index in [4.69, 9.17) is 20.4 Å². The number of allylic oxidation sites excluding steroid dienone is 2. The first-order valence-electron chi connectivity index (χ1n) is 13.5. The normalized spacial score (nSPS) is 15.6. The second kappa shape index (κ2) is 12.5. The number of hydrogen-bond acceptors (Lipinski definition) is 5. The first-order valence-corrected chi connectivity index (χ1v) is 13.5. The van der Waals surface area contributed by atoms with Crippen LogP contribution in [0.5, 0.6) is 0 Å². The minimum Gasteiger partial charge on any atom is -0.377 e. The maximum atomic E-state index is 7.60. The van der Waals surface area contributed by atoms with Crippen LogP contribution in [-0.4, -0.2) is 40.7 Å². The molecule has 0 aliphatic carbocycles. The molecule has 200 valence electrons. The molecule has 0 radical (unpaired) electrons. The first-order chi connectivity index (χ1) is 19.1. The second-order valence-electron chi connectivity index (χ2n) is 10.00. The largest absolute Gasteiger partial charge is 0.377 e. The highest BCUT2D eigenvalue weighted by Crippen LogP contribution is 2.28. The molecule has 4 aromatic rings. The fourth-order valence-corrected chi connectivity index (χ4v) is 4.82. The van der Waals surface area contributed by atoms with E-state index in [1.54, 1.807) is 0 Å². The van der Waals surface area contributed by atoms with E-state index in [0.29, 0.717) is 24.9 Å². The molecule has 0 unspecified atom stereocenters. The standard InChI is InChI=1S/C32H35N5O2/c1-23(7-5-6-20-38-22-24-10-12-27(13-11-24)26-8-3-2-4-9-26)25-14-16-28(17-15-25)30-35-31(39-36-30)29-18-19-37(21-29)32(33)34/h2-4,7-17,29H,5-6,18-22H2,1H3,(H3,33,34)/b23-7-/t29-/m1/s1. The Morgan fingerprint density at radius 3 is 2.46 bits per heavy atom. The summed E-state index contributed by atoms with van der Waals surface area (Å²) in [5.74, 6) is 1.41. The molecule has 1 aliphatic rings. The maximum absolute atomic E-state index is 7.60. The van der Waals surface area contributed by atoms with Gasteiger partial charge in [-0.25, -0.2) is 0 Å². The van der Waals surface area contributed by atoms with Gasteiger partial charge in [-0.1, -0.05) is 90.1 Å². The molecule has 1 aromatic heterocycles. The van der Waals surface area contributed by atoms with Gasteiger partial charge in [-0.15, -0.1) is 0 Å². The molecule has 3 aromatic carbocycles. The fraction of sp³-hybridized carbons (Fsp3) is 0.281. The zero-order valence-electron chi connectivity index (χ0n) is 22.3. The van der Waals surface area contributed by atoms with Crippen LogP contribution in [0.4, 0.5) is 0 Å². The summed E-state index contributed by atoms with van der Waals surface area (Å²) in [6.45, 7) is 4.89. The van der Waals surface area contributed by atoms with E-state index < -0.39 is 0 Å². The van der Waals surface area contributed by atoms with Crippen LogP contribution >= 0.6 is 0 Å². The van der Waals surface area contributed by atoms with E-state index >= 15 is 0 Å². The number of hydrogen-bond donors (Lipinski definition) is 2. The topological polar surface area (TPSA) is 101 Å². The van der Waals surface area contributed by atoms with E-state index in [2.05, 4.69) is 83.8 Å². The first kappa shape index (κ1) is 26.4. The van der Waals surface area contributed by atoms with Crippen molar-refractivity contribution in [1.82, 2.24) is 15.0 Å². The summed E-state index contributed by atoms with van der Waals surface area (Å²) in [6.07, 6.45) is 5.07. The van der Waals surface area contributed by atoms with Crippen molar-refractivity contribution in [2.24, 2.45) is 5.73 Å². The van der Waals surface area contributed by atoms with E-state index in [9.17, 15) is 0 Å². The van der Waals surface area contributed by atoms with Crippen LogP contribution in [0.25, 0.3) is 28.1 Å². The number of aromatic nitrogens is 2. The third-order valence-electron chi connectivity index (χ3n) is 7.19. The van der Waals surface area contributed by atoms with Crippen LogP contribution in [0.1, 0.15) is 49.1 Å².